The molecule has 0 saturated carbocycles. The highest BCUT2D eigenvalue weighted by Gasteiger charge is 2.22. The fourth-order valence-corrected chi connectivity index (χ4v) is 3.69. The minimum atomic E-state index is -2.86. The monoisotopic (exact) mass is 420 g/mol. The van der Waals surface area contributed by atoms with E-state index >= 15 is 0 Å². The first-order valence-electron chi connectivity index (χ1n) is 10.3. The van der Waals surface area contributed by atoms with Gasteiger partial charge in [0, 0.05) is 38.8 Å². The Hall–Kier alpha value is -2.06. The second kappa shape index (κ2) is 11.4. The molecule has 1 heterocycles. The molecule has 2 aromatic rings. The van der Waals surface area contributed by atoms with Crippen LogP contribution in [0.1, 0.15) is 24.2 Å². The molecule has 1 aliphatic heterocycles. The van der Waals surface area contributed by atoms with Crippen molar-refractivity contribution in [1.29, 1.82) is 0 Å². The molecule has 1 fully saturated rings. The lowest BCUT2D eigenvalue weighted by atomic mass is 10.1. The molecule has 7 heteroatoms. The number of hydrogen-bond acceptors (Lipinski definition) is 5. The van der Waals surface area contributed by atoms with Crippen molar-refractivity contribution in [3.05, 3.63) is 65.7 Å². The Morgan fingerprint density at radius 2 is 1.73 bits per heavy atom. The first kappa shape index (κ1) is 22.6. The molecule has 1 N–H and O–H groups in total. The predicted molar refractivity (Wildman–Crippen MR) is 112 cm³/mol. The van der Waals surface area contributed by atoms with E-state index in [1.165, 1.54) is 17.7 Å². The summed E-state index contributed by atoms with van der Waals surface area (Å²) in [6.07, 6.45) is -0.735. The summed E-state index contributed by atoms with van der Waals surface area (Å²) in [7, 11) is 0. The molecule has 3 rings (SSSR count). The van der Waals surface area contributed by atoms with Crippen molar-refractivity contribution < 1.29 is 23.4 Å². The normalized spacial score (nSPS) is 17.3. The van der Waals surface area contributed by atoms with Crippen LogP contribution >= 0.6 is 0 Å². The molecule has 0 spiro atoms. The highest BCUT2D eigenvalue weighted by Crippen LogP contribution is 2.22. The van der Waals surface area contributed by atoms with E-state index in [0.29, 0.717) is 12.1 Å². The van der Waals surface area contributed by atoms with E-state index in [1.807, 2.05) is 18.2 Å². The maximum Gasteiger partial charge on any atom is 0.387 e. The van der Waals surface area contributed by atoms with Crippen LogP contribution in [0.2, 0.25) is 0 Å². The highest BCUT2D eigenvalue weighted by molar-refractivity contribution is 5.28. The lowest BCUT2D eigenvalue weighted by Gasteiger charge is -2.36. The van der Waals surface area contributed by atoms with E-state index in [2.05, 4.69) is 33.6 Å². The number of ether oxygens (including phenoxy) is 2. The minimum absolute atomic E-state index is 0.0859. The number of aliphatic hydroxyl groups excluding tert-OH is 1. The molecule has 0 radical (unpaired) electrons. The van der Waals surface area contributed by atoms with Gasteiger partial charge in [-0.2, -0.15) is 8.78 Å². The Kier molecular flexibility index (Phi) is 8.57. The third-order valence-corrected chi connectivity index (χ3v) is 5.38. The number of hydrogen-bond donors (Lipinski definition) is 1. The van der Waals surface area contributed by atoms with Gasteiger partial charge >= 0.3 is 6.61 Å². The topological polar surface area (TPSA) is 45.2 Å². The number of morpholine rings is 1. The molecule has 2 aromatic carbocycles. The quantitative estimate of drug-likeness (QED) is 0.637. The lowest BCUT2D eigenvalue weighted by Crippen LogP contribution is -2.47. The number of benzene rings is 2. The first-order valence-corrected chi connectivity index (χ1v) is 10.3. The van der Waals surface area contributed by atoms with Crippen LogP contribution in [-0.4, -0.2) is 67.0 Å². The Balaban J connectivity index is 1.67. The number of halogens is 2. The van der Waals surface area contributed by atoms with E-state index in [-0.39, 0.29) is 11.8 Å². The molecule has 0 bridgehead atoms. The molecule has 2 unspecified atom stereocenters. The van der Waals surface area contributed by atoms with Crippen molar-refractivity contribution in [1.82, 2.24) is 9.80 Å². The zero-order valence-electron chi connectivity index (χ0n) is 17.3. The zero-order valence-corrected chi connectivity index (χ0v) is 17.3. The second-order valence-electron chi connectivity index (χ2n) is 7.64. The summed E-state index contributed by atoms with van der Waals surface area (Å²) in [4.78, 5) is 4.65. The summed E-state index contributed by atoms with van der Waals surface area (Å²) in [6.45, 7) is 4.70. The molecule has 0 aliphatic carbocycles. The summed E-state index contributed by atoms with van der Waals surface area (Å²) in [5, 5.41) is 10.8. The summed E-state index contributed by atoms with van der Waals surface area (Å²) < 4.78 is 34.5. The number of rotatable bonds is 10. The standard InChI is InChI=1S/C23H30F2N2O3/c1-18(15-26-11-13-29-14-12-26)27(16-19-5-3-2-4-6-19)17-22(28)20-7-9-21(10-8-20)30-23(24)25/h2-10,18,22-23,28H,11-17H2,1H3. The lowest BCUT2D eigenvalue weighted by molar-refractivity contribution is -0.0498. The van der Waals surface area contributed by atoms with Gasteiger partial charge in [-0.3, -0.25) is 9.80 Å². The van der Waals surface area contributed by atoms with Crippen molar-refractivity contribution in [2.45, 2.75) is 32.2 Å². The largest absolute Gasteiger partial charge is 0.435 e. The third kappa shape index (κ3) is 7.02. The third-order valence-electron chi connectivity index (χ3n) is 5.38. The zero-order chi connectivity index (χ0) is 21.3. The Labute approximate surface area is 176 Å². The Bertz CT molecular complexity index is 740. The smallest absolute Gasteiger partial charge is 0.387 e. The van der Waals surface area contributed by atoms with Crippen molar-refractivity contribution in [2.75, 3.05) is 39.4 Å². The molecule has 1 saturated heterocycles. The van der Waals surface area contributed by atoms with Gasteiger partial charge in [-0.1, -0.05) is 42.5 Å². The van der Waals surface area contributed by atoms with Crippen LogP contribution in [0.15, 0.2) is 54.6 Å². The molecule has 0 amide bonds. The molecule has 1 aliphatic rings. The minimum Gasteiger partial charge on any atom is -0.435 e. The maximum atomic E-state index is 12.3. The molecule has 5 nitrogen and oxygen atoms in total. The van der Waals surface area contributed by atoms with Crippen LogP contribution < -0.4 is 4.74 Å². The average Bonchev–Trinajstić information content (AvgIpc) is 2.75. The van der Waals surface area contributed by atoms with Gasteiger partial charge in [-0.15, -0.1) is 0 Å². The summed E-state index contributed by atoms with van der Waals surface area (Å²) >= 11 is 0. The van der Waals surface area contributed by atoms with Gasteiger partial charge in [-0.05, 0) is 30.2 Å². The van der Waals surface area contributed by atoms with Crippen LogP contribution in [0.4, 0.5) is 8.78 Å². The first-order chi connectivity index (χ1) is 14.5. The van der Waals surface area contributed by atoms with Crippen molar-refractivity contribution in [2.24, 2.45) is 0 Å². The van der Waals surface area contributed by atoms with Gasteiger partial charge in [0.05, 0.1) is 19.3 Å². The number of aliphatic hydroxyl groups is 1. The Morgan fingerprint density at radius 1 is 1.07 bits per heavy atom. The Morgan fingerprint density at radius 3 is 2.37 bits per heavy atom. The van der Waals surface area contributed by atoms with Crippen LogP contribution in [-0.2, 0) is 11.3 Å². The summed E-state index contributed by atoms with van der Waals surface area (Å²) in [5.41, 5.74) is 1.85. The van der Waals surface area contributed by atoms with Gasteiger partial charge < -0.3 is 14.6 Å². The van der Waals surface area contributed by atoms with E-state index in [9.17, 15) is 13.9 Å². The molecular formula is C23H30F2N2O3. The molecule has 2 atom stereocenters. The van der Waals surface area contributed by atoms with E-state index in [0.717, 1.165) is 39.4 Å². The molecule has 164 valence electrons. The second-order valence-corrected chi connectivity index (χ2v) is 7.64. The number of alkyl halides is 2. The van der Waals surface area contributed by atoms with E-state index < -0.39 is 12.7 Å². The SMILES string of the molecule is CC(CN1CCOCC1)N(Cc1ccccc1)CC(O)c1ccc(OC(F)F)cc1. The van der Waals surface area contributed by atoms with Gasteiger partial charge in [0.1, 0.15) is 5.75 Å². The predicted octanol–water partition coefficient (Wildman–Crippen LogP) is 3.54. The molecule has 0 aromatic heterocycles. The number of nitrogens with zero attached hydrogens (tertiary/aromatic N) is 2. The van der Waals surface area contributed by atoms with E-state index in [1.54, 1.807) is 12.1 Å². The fourth-order valence-electron chi connectivity index (χ4n) is 3.69. The van der Waals surface area contributed by atoms with Crippen molar-refractivity contribution in [3.8, 4) is 5.75 Å². The van der Waals surface area contributed by atoms with Crippen LogP contribution in [0.25, 0.3) is 0 Å². The average molecular weight is 421 g/mol. The van der Waals surface area contributed by atoms with Gasteiger partial charge in [0.15, 0.2) is 0 Å². The molecule has 30 heavy (non-hydrogen) atoms. The van der Waals surface area contributed by atoms with Gasteiger partial charge in [0.25, 0.3) is 0 Å². The van der Waals surface area contributed by atoms with Crippen LogP contribution in [0.3, 0.4) is 0 Å². The van der Waals surface area contributed by atoms with Gasteiger partial charge in [0.2, 0.25) is 0 Å². The van der Waals surface area contributed by atoms with E-state index in [4.69, 9.17) is 4.74 Å². The van der Waals surface area contributed by atoms with Crippen LogP contribution in [0.5, 0.6) is 5.75 Å². The summed E-state index contributed by atoms with van der Waals surface area (Å²) in [5.74, 6) is 0.0859. The van der Waals surface area contributed by atoms with Crippen LogP contribution in [0, 0.1) is 0 Å². The van der Waals surface area contributed by atoms with Crippen molar-refractivity contribution in [3.63, 3.8) is 0 Å². The maximum absolute atomic E-state index is 12.3. The highest BCUT2D eigenvalue weighted by atomic mass is 19.3. The van der Waals surface area contributed by atoms with Gasteiger partial charge in [-0.25, -0.2) is 0 Å². The summed E-state index contributed by atoms with van der Waals surface area (Å²) in [6, 6.07) is 16.6. The van der Waals surface area contributed by atoms with Crippen molar-refractivity contribution >= 4 is 0 Å². The fraction of sp³-hybridized carbons (Fsp3) is 0.478. The molecular weight excluding hydrogens is 390 g/mol.